The minimum absolute atomic E-state index is 0.00490. The second-order valence-corrected chi connectivity index (χ2v) is 4.58. The van der Waals surface area contributed by atoms with Gasteiger partial charge in [-0.2, -0.15) is 4.39 Å². The first-order valence-electron chi connectivity index (χ1n) is 5.87. The Morgan fingerprint density at radius 1 is 1.50 bits per heavy atom. The van der Waals surface area contributed by atoms with E-state index in [9.17, 15) is 9.18 Å². The number of amides is 1. The van der Waals surface area contributed by atoms with Gasteiger partial charge in [0.1, 0.15) is 0 Å². The van der Waals surface area contributed by atoms with Crippen molar-refractivity contribution < 1.29 is 13.9 Å². The predicted octanol–water partition coefficient (Wildman–Crippen LogP) is 2.08. The smallest absolute Gasteiger partial charge is 0.410 e. The van der Waals surface area contributed by atoms with Gasteiger partial charge in [-0.15, -0.1) is 0 Å². The van der Waals surface area contributed by atoms with Crippen LogP contribution in [-0.4, -0.2) is 35.2 Å². The molecule has 5 heteroatoms. The molecule has 0 saturated carbocycles. The molecule has 1 fully saturated rings. The van der Waals surface area contributed by atoms with Crippen molar-refractivity contribution in [2.75, 3.05) is 7.11 Å². The Kier molecular flexibility index (Phi) is 2.54. The Labute approximate surface area is 104 Å². The van der Waals surface area contributed by atoms with Crippen LogP contribution in [0.3, 0.4) is 0 Å². The number of aromatic nitrogens is 1. The summed E-state index contributed by atoms with van der Waals surface area (Å²) in [6, 6.07) is 3.16. The number of carbonyl (C=O) groups excluding carboxylic acids is 1. The second-order valence-electron chi connectivity index (χ2n) is 4.58. The molecule has 3 rings (SSSR count). The van der Waals surface area contributed by atoms with Crippen molar-refractivity contribution >= 4 is 6.09 Å². The van der Waals surface area contributed by atoms with Crippen LogP contribution in [0.25, 0.3) is 0 Å². The van der Waals surface area contributed by atoms with Crippen LogP contribution in [0.4, 0.5) is 9.18 Å². The van der Waals surface area contributed by atoms with E-state index >= 15 is 0 Å². The van der Waals surface area contributed by atoms with Crippen LogP contribution in [0.1, 0.15) is 17.9 Å². The highest BCUT2D eigenvalue weighted by Gasteiger charge is 2.46. The van der Waals surface area contributed by atoms with Gasteiger partial charge in [-0.1, -0.05) is 18.2 Å². The van der Waals surface area contributed by atoms with Gasteiger partial charge in [0.15, 0.2) is 0 Å². The Balaban J connectivity index is 1.87. The van der Waals surface area contributed by atoms with Gasteiger partial charge in [-0.3, -0.25) is 4.90 Å². The molecule has 3 heterocycles. The molecule has 0 aromatic carbocycles. The summed E-state index contributed by atoms with van der Waals surface area (Å²) in [6.45, 7) is 0. The lowest BCUT2D eigenvalue weighted by atomic mass is 9.88. The molecular formula is C13H13FN2O2. The Morgan fingerprint density at radius 3 is 3.00 bits per heavy atom. The van der Waals surface area contributed by atoms with Crippen molar-refractivity contribution in [3.8, 4) is 0 Å². The fraction of sp³-hybridized carbons (Fsp3) is 0.385. The Hall–Kier alpha value is -1.91. The first kappa shape index (κ1) is 11.2. The molecule has 3 atom stereocenters. The molecule has 3 unspecified atom stereocenters. The number of carbonyl (C=O) groups is 1. The summed E-state index contributed by atoms with van der Waals surface area (Å²) in [7, 11) is 1.38. The number of hydrogen-bond donors (Lipinski definition) is 0. The van der Waals surface area contributed by atoms with Crippen molar-refractivity contribution in [2.45, 2.75) is 24.4 Å². The molecule has 2 bridgehead atoms. The Morgan fingerprint density at radius 2 is 2.33 bits per heavy atom. The lowest BCUT2D eigenvalue weighted by molar-refractivity contribution is 0.120. The molecule has 0 spiro atoms. The summed E-state index contributed by atoms with van der Waals surface area (Å²) in [5, 5.41) is 0. The van der Waals surface area contributed by atoms with Crippen LogP contribution < -0.4 is 0 Å². The van der Waals surface area contributed by atoms with E-state index in [1.807, 2.05) is 12.2 Å². The first-order chi connectivity index (χ1) is 8.70. The quantitative estimate of drug-likeness (QED) is 0.564. The Bertz CT molecular complexity index is 500. The fourth-order valence-corrected chi connectivity index (χ4v) is 2.87. The topological polar surface area (TPSA) is 42.4 Å². The summed E-state index contributed by atoms with van der Waals surface area (Å²) < 4.78 is 17.6. The summed E-state index contributed by atoms with van der Waals surface area (Å²) in [5.74, 6) is -0.311. The zero-order valence-electron chi connectivity index (χ0n) is 9.91. The molecule has 0 aliphatic carbocycles. The maximum Gasteiger partial charge on any atom is 0.410 e. The SMILES string of the molecule is COC(=O)N1C2C=CC1C(c1ccc(F)nc1)C2. The van der Waals surface area contributed by atoms with Crippen LogP contribution in [0, 0.1) is 5.95 Å². The molecule has 4 nitrogen and oxygen atoms in total. The largest absolute Gasteiger partial charge is 0.453 e. The van der Waals surface area contributed by atoms with Gasteiger partial charge >= 0.3 is 6.09 Å². The van der Waals surface area contributed by atoms with Crippen molar-refractivity contribution in [1.82, 2.24) is 9.88 Å². The van der Waals surface area contributed by atoms with Crippen LogP contribution in [0.15, 0.2) is 30.5 Å². The zero-order valence-corrected chi connectivity index (χ0v) is 9.91. The van der Waals surface area contributed by atoms with Gasteiger partial charge in [0, 0.05) is 12.1 Å². The average molecular weight is 248 g/mol. The molecule has 2 aliphatic heterocycles. The predicted molar refractivity (Wildman–Crippen MR) is 62.5 cm³/mol. The van der Waals surface area contributed by atoms with E-state index in [0.29, 0.717) is 0 Å². The number of hydrogen-bond acceptors (Lipinski definition) is 3. The lowest BCUT2D eigenvalue weighted by Crippen LogP contribution is -2.36. The van der Waals surface area contributed by atoms with E-state index in [1.54, 1.807) is 17.2 Å². The van der Waals surface area contributed by atoms with Gasteiger partial charge < -0.3 is 4.74 Å². The molecular weight excluding hydrogens is 235 g/mol. The van der Waals surface area contributed by atoms with Crippen LogP contribution in [-0.2, 0) is 4.74 Å². The van der Waals surface area contributed by atoms with Gasteiger partial charge in [0.05, 0.1) is 19.2 Å². The molecule has 1 saturated heterocycles. The molecule has 1 amide bonds. The van der Waals surface area contributed by atoms with Crippen molar-refractivity contribution in [3.63, 3.8) is 0 Å². The molecule has 0 N–H and O–H groups in total. The van der Waals surface area contributed by atoms with Crippen molar-refractivity contribution in [2.24, 2.45) is 0 Å². The van der Waals surface area contributed by atoms with E-state index in [0.717, 1.165) is 12.0 Å². The number of pyridine rings is 1. The zero-order chi connectivity index (χ0) is 12.7. The monoisotopic (exact) mass is 248 g/mol. The minimum atomic E-state index is -0.484. The summed E-state index contributed by atoms with van der Waals surface area (Å²) in [4.78, 5) is 17.1. The van der Waals surface area contributed by atoms with E-state index in [4.69, 9.17) is 4.74 Å². The van der Waals surface area contributed by atoms with E-state index < -0.39 is 5.95 Å². The maximum absolute atomic E-state index is 12.8. The van der Waals surface area contributed by atoms with E-state index in [1.165, 1.54) is 13.2 Å². The number of fused-ring (bicyclic) bond motifs is 2. The lowest BCUT2D eigenvalue weighted by Gasteiger charge is -2.22. The summed E-state index contributed by atoms with van der Waals surface area (Å²) in [6.07, 6.45) is 6.11. The third kappa shape index (κ3) is 1.58. The second kappa shape index (κ2) is 4.08. The van der Waals surface area contributed by atoms with Crippen molar-refractivity contribution in [1.29, 1.82) is 0 Å². The number of halogens is 1. The van der Waals surface area contributed by atoms with E-state index in [2.05, 4.69) is 4.98 Å². The number of rotatable bonds is 1. The van der Waals surface area contributed by atoms with E-state index in [-0.39, 0.29) is 24.1 Å². The van der Waals surface area contributed by atoms with Crippen LogP contribution in [0.5, 0.6) is 0 Å². The van der Waals surface area contributed by atoms with Gasteiger partial charge in [-0.25, -0.2) is 9.78 Å². The number of ether oxygens (including phenoxy) is 1. The minimum Gasteiger partial charge on any atom is -0.453 e. The number of nitrogens with zero attached hydrogens (tertiary/aromatic N) is 2. The van der Waals surface area contributed by atoms with Gasteiger partial charge in [-0.05, 0) is 18.1 Å². The van der Waals surface area contributed by atoms with Crippen LogP contribution in [0.2, 0.25) is 0 Å². The number of methoxy groups -OCH3 is 1. The molecule has 1 aromatic rings. The highest BCUT2D eigenvalue weighted by Crippen LogP contribution is 2.42. The molecule has 18 heavy (non-hydrogen) atoms. The maximum atomic E-state index is 12.8. The molecule has 0 radical (unpaired) electrons. The van der Waals surface area contributed by atoms with Crippen LogP contribution >= 0.6 is 0 Å². The van der Waals surface area contributed by atoms with Gasteiger partial charge in [0.2, 0.25) is 5.95 Å². The molecule has 2 aliphatic rings. The highest BCUT2D eigenvalue weighted by atomic mass is 19.1. The normalized spacial score (nSPS) is 28.8. The molecule has 1 aromatic heterocycles. The molecule has 94 valence electrons. The first-order valence-corrected chi connectivity index (χ1v) is 5.87. The third-order valence-electron chi connectivity index (χ3n) is 3.68. The van der Waals surface area contributed by atoms with Crippen molar-refractivity contribution in [3.05, 3.63) is 42.0 Å². The van der Waals surface area contributed by atoms with Gasteiger partial charge in [0.25, 0.3) is 0 Å². The summed E-state index contributed by atoms with van der Waals surface area (Å²) in [5.41, 5.74) is 0.960. The fourth-order valence-electron chi connectivity index (χ4n) is 2.87. The highest BCUT2D eigenvalue weighted by molar-refractivity contribution is 5.71. The average Bonchev–Trinajstić information content (AvgIpc) is 2.96. The third-order valence-corrected chi connectivity index (χ3v) is 3.68. The standard InChI is InChI=1S/C13H13FN2O2/c1-18-13(17)16-9-3-4-11(16)10(6-9)8-2-5-12(14)15-7-8/h2-5,7,9-11H,6H2,1H3. The summed E-state index contributed by atoms with van der Waals surface area (Å²) >= 11 is 0.